The Bertz CT molecular complexity index is 593. The number of nitrogens with zero attached hydrogens (tertiary/aromatic N) is 2. The topological polar surface area (TPSA) is 39.1 Å². The molecule has 0 amide bonds. The molecule has 0 saturated heterocycles. The number of rotatable bonds is 6. The third-order valence-electron chi connectivity index (χ3n) is 3.32. The van der Waals surface area contributed by atoms with Gasteiger partial charge in [-0.15, -0.1) is 0 Å². The highest BCUT2D eigenvalue weighted by Crippen LogP contribution is 2.31. The van der Waals surface area contributed by atoms with Crippen LogP contribution in [0.5, 0.6) is 5.75 Å². The zero-order valence-corrected chi connectivity index (χ0v) is 13.9. The van der Waals surface area contributed by atoms with Crippen LogP contribution >= 0.6 is 15.9 Å². The van der Waals surface area contributed by atoms with Gasteiger partial charge in [-0.1, -0.05) is 13.0 Å². The van der Waals surface area contributed by atoms with Crippen molar-refractivity contribution in [3.05, 3.63) is 45.9 Å². The van der Waals surface area contributed by atoms with Crippen LogP contribution in [-0.4, -0.2) is 23.4 Å². The minimum atomic E-state index is -0.273. The molecule has 6 heteroatoms. The minimum absolute atomic E-state index is 0.107. The smallest absolute Gasteiger partial charge is 0.161 e. The molecule has 1 aromatic heterocycles. The molecule has 0 aliphatic rings. The maximum Gasteiger partial charge on any atom is 0.161 e. The molecule has 0 aliphatic carbocycles. The second-order valence-electron chi connectivity index (χ2n) is 4.58. The summed E-state index contributed by atoms with van der Waals surface area (Å²) in [5.41, 5.74) is 1.90. The summed E-state index contributed by atoms with van der Waals surface area (Å²) in [6.07, 6.45) is 1.71. The first-order chi connectivity index (χ1) is 10.1. The Labute approximate surface area is 132 Å². The maximum absolute atomic E-state index is 13.5. The number of hydrogen-bond acceptors (Lipinski definition) is 3. The lowest BCUT2D eigenvalue weighted by Crippen LogP contribution is -2.25. The first kappa shape index (κ1) is 16.0. The summed E-state index contributed by atoms with van der Waals surface area (Å²) >= 11 is 3.24. The number of nitrogens with one attached hydrogen (secondary N) is 1. The van der Waals surface area contributed by atoms with Crippen molar-refractivity contribution in [3.63, 3.8) is 0 Å². The fraction of sp³-hybridized carbons (Fsp3) is 0.400. The van der Waals surface area contributed by atoms with E-state index in [4.69, 9.17) is 4.74 Å². The monoisotopic (exact) mass is 355 g/mol. The van der Waals surface area contributed by atoms with Gasteiger partial charge in [0.2, 0.25) is 0 Å². The largest absolute Gasteiger partial charge is 0.493 e. The predicted octanol–water partition coefficient (Wildman–Crippen LogP) is 3.51. The summed E-state index contributed by atoms with van der Waals surface area (Å²) in [6, 6.07) is 4.92. The van der Waals surface area contributed by atoms with Gasteiger partial charge in [-0.2, -0.15) is 5.10 Å². The van der Waals surface area contributed by atoms with Gasteiger partial charge in [0.25, 0.3) is 0 Å². The molecule has 114 valence electrons. The number of methoxy groups -OCH3 is 1. The molecule has 1 heterocycles. The number of benzene rings is 1. The fourth-order valence-electron chi connectivity index (χ4n) is 2.35. The van der Waals surface area contributed by atoms with E-state index in [-0.39, 0.29) is 11.9 Å². The van der Waals surface area contributed by atoms with Crippen LogP contribution in [0.15, 0.2) is 28.9 Å². The summed E-state index contributed by atoms with van der Waals surface area (Å²) in [4.78, 5) is 0. The summed E-state index contributed by atoms with van der Waals surface area (Å²) < 4.78 is 21.2. The van der Waals surface area contributed by atoms with Crippen molar-refractivity contribution in [1.29, 1.82) is 0 Å². The molecule has 0 fully saturated rings. The van der Waals surface area contributed by atoms with Gasteiger partial charge in [0, 0.05) is 6.54 Å². The summed E-state index contributed by atoms with van der Waals surface area (Å²) in [5, 5.41) is 7.75. The van der Waals surface area contributed by atoms with Crippen LogP contribution in [0.2, 0.25) is 0 Å². The Kier molecular flexibility index (Phi) is 5.36. The normalized spacial score (nSPS) is 12.4. The zero-order chi connectivity index (χ0) is 15.4. The quantitative estimate of drug-likeness (QED) is 0.861. The molecule has 0 bridgehead atoms. The van der Waals surface area contributed by atoms with E-state index in [1.165, 1.54) is 6.07 Å². The molecule has 1 atom stereocenters. The van der Waals surface area contributed by atoms with Gasteiger partial charge in [-0.25, -0.2) is 4.39 Å². The first-order valence-electron chi connectivity index (χ1n) is 6.90. The second-order valence-corrected chi connectivity index (χ2v) is 5.43. The van der Waals surface area contributed by atoms with E-state index in [2.05, 4.69) is 26.3 Å². The average molecular weight is 356 g/mol. The Morgan fingerprint density at radius 3 is 2.76 bits per heavy atom. The van der Waals surface area contributed by atoms with E-state index in [1.807, 2.05) is 18.5 Å². The van der Waals surface area contributed by atoms with E-state index in [0.717, 1.165) is 30.1 Å². The number of halogens is 2. The van der Waals surface area contributed by atoms with Crippen molar-refractivity contribution in [2.75, 3.05) is 13.7 Å². The predicted molar refractivity (Wildman–Crippen MR) is 84.1 cm³/mol. The van der Waals surface area contributed by atoms with Gasteiger partial charge >= 0.3 is 0 Å². The van der Waals surface area contributed by atoms with Crippen LogP contribution in [-0.2, 0) is 6.54 Å². The molecule has 0 aliphatic heterocycles. The molecule has 0 saturated carbocycles. The van der Waals surface area contributed by atoms with E-state index < -0.39 is 0 Å². The highest BCUT2D eigenvalue weighted by Gasteiger charge is 2.23. The molecule has 2 aromatic rings. The molecule has 21 heavy (non-hydrogen) atoms. The summed E-state index contributed by atoms with van der Waals surface area (Å²) in [7, 11) is 1.63. The number of hydrogen-bond donors (Lipinski definition) is 1. The van der Waals surface area contributed by atoms with E-state index >= 15 is 0 Å². The molecule has 1 unspecified atom stereocenters. The highest BCUT2D eigenvalue weighted by atomic mass is 79.9. The van der Waals surface area contributed by atoms with Crippen LogP contribution in [0, 0.1) is 5.82 Å². The van der Waals surface area contributed by atoms with Crippen molar-refractivity contribution in [3.8, 4) is 5.75 Å². The van der Waals surface area contributed by atoms with E-state index in [0.29, 0.717) is 4.47 Å². The van der Waals surface area contributed by atoms with Crippen LogP contribution in [0.25, 0.3) is 0 Å². The average Bonchev–Trinajstić information content (AvgIpc) is 2.90. The molecular formula is C15H19BrFN3O. The number of aromatic nitrogens is 2. The first-order valence-corrected chi connectivity index (χ1v) is 7.69. The van der Waals surface area contributed by atoms with Crippen molar-refractivity contribution in [1.82, 2.24) is 15.1 Å². The molecular weight excluding hydrogens is 337 g/mol. The van der Waals surface area contributed by atoms with Crippen molar-refractivity contribution in [2.45, 2.75) is 26.4 Å². The second kappa shape index (κ2) is 7.04. The standard InChI is InChI=1S/C15H19BrFN3O/c1-4-18-14(10-6-7-12(17)11(16)8-10)15-13(21-3)9-19-20(15)5-2/h6-9,14,18H,4-5H2,1-3H3. The zero-order valence-electron chi connectivity index (χ0n) is 12.4. The lowest BCUT2D eigenvalue weighted by Gasteiger charge is -2.21. The Balaban J connectivity index is 2.52. The summed E-state index contributed by atoms with van der Waals surface area (Å²) in [6.45, 7) is 5.57. The van der Waals surface area contributed by atoms with Gasteiger partial charge in [0.05, 0.1) is 23.8 Å². The van der Waals surface area contributed by atoms with Crippen molar-refractivity contribution < 1.29 is 9.13 Å². The number of ether oxygens (including phenoxy) is 1. The molecule has 1 aromatic carbocycles. The lowest BCUT2D eigenvalue weighted by atomic mass is 10.0. The van der Waals surface area contributed by atoms with Crippen LogP contribution < -0.4 is 10.1 Å². The Morgan fingerprint density at radius 1 is 1.43 bits per heavy atom. The van der Waals surface area contributed by atoms with Gasteiger partial charge in [-0.05, 0) is 47.1 Å². The molecule has 2 rings (SSSR count). The van der Waals surface area contributed by atoms with Gasteiger partial charge in [-0.3, -0.25) is 4.68 Å². The third-order valence-corrected chi connectivity index (χ3v) is 3.93. The number of aryl methyl sites for hydroxylation is 1. The van der Waals surface area contributed by atoms with Gasteiger partial charge in [0.1, 0.15) is 11.5 Å². The van der Waals surface area contributed by atoms with Gasteiger partial charge in [0.15, 0.2) is 5.75 Å². The molecule has 1 N–H and O–H groups in total. The molecule has 0 spiro atoms. The Morgan fingerprint density at radius 2 is 2.19 bits per heavy atom. The van der Waals surface area contributed by atoms with Gasteiger partial charge < -0.3 is 10.1 Å². The fourth-order valence-corrected chi connectivity index (χ4v) is 2.74. The molecule has 0 radical (unpaired) electrons. The Hall–Kier alpha value is -1.40. The summed E-state index contributed by atoms with van der Waals surface area (Å²) in [5.74, 6) is 0.452. The van der Waals surface area contributed by atoms with Crippen LogP contribution in [0.4, 0.5) is 4.39 Å². The minimum Gasteiger partial charge on any atom is -0.493 e. The molecule has 4 nitrogen and oxygen atoms in total. The maximum atomic E-state index is 13.5. The third kappa shape index (κ3) is 3.27. The SMILES string of the molecule is CCNC(c1ccc(F)c(Br)c1)c1c(OC)cnn1CC. The van der Waals surface area contributed by atoms with E-state index in [9.17, 15) is 4.39 Å². The van der Waals surface area contributed by atoms with Crippen LogP contribution in [0.1, 0.15) is 31.1 Å². The highest BCUT2D eigenvalue weighted by molar-refractivity contribution is 9.10. The van der Waals surface area contributed by atoms with Crippen molar-refractivity contribution >= 4 is 15.9 Å². The van der Waals surface area contributed by atoms with Crippen LogP contribution in [0.3, 0.4) is 0 Å². The van der Waals surface area contributed by atoms with Crippen molar-refractivity contribution in [2.24, 2.45) is 0 Å². The van der Waals surface area contributed by atoms with E-state index in [1.54, 1.807) is 25.4 Å². The lowest BCUT2D eigenvalue weighted by molar-refractivity contribution is 0.399.